The van der Waals surface area contributed by atoms with Crippen molar-refractivity contribution < 1.29 is 14.6 Å². The number of pyridine rings is 1. The smallest absolute Gasteiger partial charge is 0.354 e. The molecule has 0 aromatic carbocycles. The molecule has 0 fully saturated rings. The van der Waals surface area contributed by atoms with E-state index in [1.54, 1.807) is 12.1 Å². The summed E-state index contributed by atoms with van der Waals surface area (Å²) in [5, 5.41) is 11.8. The first kappa shape index (κ1) is 12.4. The number of hydrogen-bond acceptors (Lipinski definition) is 4. The van der Waals surface area contributed by atoms with E-state index in [1.807, 2.05) is 13.8 Å². The molecular formula is C11H16N2O3. The first-order valence-corrected chi connectivity index (χ1v) is 5.18. The molecule has 0 unspecified atom stereocenters. The summed E-state index contributed by atoms with van der Waals surface area (Å²) in [6.07, 6.45) is 0. The van der Waals surface area contributed by atoms with Crippen LogP contribution >= 0.6 is 0 Å². The Kier molecular flexibility index (Phi) is 4.72. The summed E-state index contributed by atoms with van der Waals surface area (Å²) in [5.74, 6) is -0.479. The zero-order valence-corrected chi connectivity index (χ0v) is 9.43. The third-order valence-corrected chi connectivity index (χ3v) is 1.93. The van der Waals surface area contributed by atoms with E-state index < -0.39 is 5.97 Å². The van der Waals surface area contributed by atoms with Crippen LogP contribution in [0.3, 0.4) is 0 Å². The molecule has 5 nitrogen and oxygen atoms in total. The molecule has 16 heavy (non-hydrogen) atoms. The number of aromatic nitrogens is 1. The highest BCUT2D eigenvalue weighted by Gasteiger charge is 2.07. The van der Waals surface area contributed by atoms with Crippen molar-refractivity contribution in [3.05, 3.63) is 23.9 Å². The SMILES string of the molecule is CCOC[C@H](C)Nc1cccc(C(=O)O)n1. The van der Waals surface area contributed by atoms with E-state index in [0.717, 1.165) is 0 Å². The van der Waals surface area contributed by atoms with E-state index in [4.69, 9.17) is 9.84 Å². The van der Waals surface area contributed by atoms with Gasteiger partial charge in [0.15, 0.2) is 5.69 Å². The van der Waals surface area contributed by atoms with E-state index in [9.17, 15) is 4.79 Å². The summed E-state index contributed by atoms with van der Waals surface area (Å²) in [4.78, 5) is 14.7. The van der Waals surface area contributed by atoms with Crippen LogP contribution in [-0.4, -0.2) is 35.3 Å². The van der Waals surface area contributed by atoms with Crippen LogP contribution in [0.15, 0.2) is 18.2 Å². The molecule has 0 aliphatic heterocycles. The maximum Gasteiger partial charge on any atom is 0.354 e. The Bertz CT molecular complexity index is 355. The van der Waals surface area contributed by atoms with Crippen LogP contribution in [0.4, 0.5) is 5.82 Å². The molecular weight excluding hydrogens is 208 g/mol. The molecule has 1 heterocycles. The number of nitrogens with zero attached hydrogens (tertiary/aromatic N) is 1. The van der Waals surface area contributed by atoms with Crippen LogP contribution in [0.1, 0.15) is 24.3 Å². The first-order valence-electron chi connectivity index (χ1n) is 5.18. The molecule has 0 spiro atoms. The summed E-state index contributed by atoms with van der Waals surface area (Å²) < 4.78 is 5.24. The van der Waals surface area contributed by atoms with Gasteiger partial charge in [-0.2, -0.15) is 0 Å². The van der Waals surface area contributed by atoms with Gasteiger partial charge < -0.3 is 15.2 Å². The van der Waals surface area contributed by atoms with Crippen molar-refractivity contribution in [2.45, 2.75) is 19.9 Å². The standard InChI is InChI=1S/C11H16N2O3/c1-3-16-7-8(2)12-10-6-4-5-9(13-10)11(14)15/h4-6,8H,3,7H2,1-2H3,(H,12,13)(H,14,15)/t8-/m0/s1. The Morgan fingerprint density at radius 3 is 3.00 bits per heavy atom. The van der Waals surface area contributed by atoms with Crippen LogP contribution in [0, 0.1) is 0 Å². The molecule has 0 amide bonds. The molecule has 0 bridgehead atoms. The Balaban J connectivity index is 2.59. The Morgan fingerprint density at radius 1 is 1.62 bits per heavy atom. The highest BCUT2D eigenvalue weighted by Crippen LogP contribution is 2.06. The Morgan fingerprint density at radius 2 is 2.38 bits per heavy atom. The van der Waals surface area contributed by atoms with Crippen molar-refractivity contribution in [2.24, 2.45) is 0 Å². The summed E-state index contributed by atoms with van der Waals surface area (Å²) >= 11 is 0. The van der Waals surface area contributed by atoms with Gasteiger partial charge in [0.2, 0.25) is 0 Å². The van der Waals surface area contributed by atoms with E-state index in [-0.39, 0.29) is 11.7 Å². The molecule has 0 aliphatic rings. The number of nitrogens with one attached hydrogen (secondary N) is 1. The molecule has 0 saturated heterocycles. The van der Waals surface area contributed by atoms with Crippen LogP contribution in [0.5, 0.6) is 0 Å². The van der Waals surface area contributed by atoms with Gasteiger partial charge >= 0.3 is 5.97 Å². The number of carboxylic acids is 1. The fraction of sp³-hybridized carbons (Fsp3) is 0.455. The summed E-state index contributed by atoms with van der Waals surface area (Å²) in [7, 11) is 0. The zero-order chi connectivity index (χ0) is 12.0. The van der Waals surface area contributed by atoms with Crippen LogP contribution in [0.25, 0.3) is 0 Å². The summed E-state index contributed by atoms with van der Waals surface area (Å²) in [5.41, 5.74) is 0.0357. The number of aromatic carboxylic acids is 1. The molecule has 0 radical (unpaired) electrons. The fourth-order valence-electron chi connectivity index (χ4n) is 1.22. The molecule has 2 N–H and O–H groups in total. The van der Waals surface area contributed by atoms with E-state index in [1.165, 1.54) is 6.07 Å². The predicted molar refractivity (Wildman–Crippen MR) is 60.8 cm³/mol. The minimum Gasteiger partial charge on any atom is -0.477 e. The van der Waals surface area contributed by atoms with Crippen molar-refractivity contribution in [1.82, 2.24) is 4.98 Å². The van der Waals surface area contributed by atoms with Gasteiger partial charge in [0.1, 0.15) is 5.82 Å². The second-order valence-corrected chi connectivity index (χ2v) is 3.42. The number of anilines is 1. The van der Waals surface area contributed by atoms with Gasteiger partial charge in [-0.05, 0) is 26.0 Å². The zero-order valence-electron chi connectivity index (χ0n) is 9.43. The van der Waals surface area contributed by atoms with Gasteiger partial charge in [0, 0.05) is 12.6 Å². The molecule has 88 valence electrons. The van der Waals surface area contributed by atoms with E-state index in [0.29, 0.717) is 19.0 Å². The van der Waals surface area contributed by atoms with Crippen molar-refractivity contribution >= 4 is 11.8 Å². The normalized spacial score (nSPS) is 12.1. The molecule has 1 aromatic heterocycles. The summed E-state index contributed by atoms with van der Waals surface area (Å²) in [6.45, 7) is 5.10. The average Bonchev–Trinajstić information content (AvgIpc) is 2.26. The lowest BCUT2D eigenvalue weighted by Crippen LogP contribution is -2.22. The van der Waals surface area contributed by atoms with Crippen LogP contribution < -0.4 is 5.32 Å². The lowest BCUT2D eigenvalue weighted by Gasteiger charge is -2.14. The largest absolute Gasteiger partial charge is 0.477 e. The minimum atomic E-state index is -1.03. The van der Waals surface area contributed by atoms with Crippen molar-refractivity contribution in [3.8, 4) is 0 Å². The number of hydrogen-bond donors (Lipinski definition) is 2. The second-order valence-electron chi connectivity index (χ2n) is 3.42. The van der Waals surface area contributed by atoms with Crippen LogP contribution in [-0.2, 0) is 4.74 Å². The Labute approximate surface area is 94.5 Å². The second kappa shape index (κ2) is 6.07. The quantitative estimate of drug-likeness (QED) is 0.768. The molecule has 1 aromatic rings. The molecule has 5 heteroatoms. The van der Waals surface area contributed by atoms with Crippen LogP contribution in [0.2, 0.25) is 0 Å². The number of carbonyl (C=O) groups is 1. The van der Waals surface area contributed by atoms with Crippen molar-refractivity contribution in [2.75, 3.05) is 18.5 Å². The van der Waals surface area contributed by atoms with Gasteiger partial charge in [0.05, 0.1) is 6.61 Å². The van der Waals surface area contributed by atoms with Gasteiger partial charge in [-0.15, -0.1) is 0 Å². The van der Waals surface area contributed by atoms with E-state index in [2.05, 4.69) is 10.3 Å². The highest BCUT2D eigenvalue weighted by atomic mass is 16.5. The minimum absolute atomic E-state index is 0.0357. The predicted octanol–water partition coefficient (Wildman–Crippen LogP) is 1.62. The lowest BCUT2D eigenvalue weighted by molar-refractivity contribution is 0.0690. The fourth-order valence-corrected chi connectivity index (χ4v) is 1.22. The van der Waals surface area contributed by atoms with Gasteiger partial charge in [0.25, 0.3) is 0 Å². The summed E-state index contributed by atoms with van der Waals surface area (Å²) in [6, 6.07) is 4.94. The topological polar surface area (TPSA) is 71.5 Å². The average molecular weight is 224 g/mol. The number of ether oxygens (including phenoxy) is 1. The number of carboxylic acid groups (broad SMARTS) is 1. The third kappa shape index (κ3) is 3.86. The van der Waals surface area contributed by atoms with Gasteiger partial charge in [-0.25, -0.2) is 9.78 Å². The van der Waals surface area contributed by atoms with Gasteiger partial charge in [-0.1, -0.05) is 6.07 Å². The maximum absolute atomic E-state index is 10.7. The first-order chi connectivity index (χ1) is 7.63. The van der Waals surface area contributed by atoms with Gasteiger partial charge in [-0.3, -0.25) is 0 Å². The monoisotopic (exact) mass is 224 g/mol. The van der Waals surface area contributed by atoms with E-state index >= 15 is 0 Å². The molecule has 1 atom stereocenters. The highest BCUT2D eigenvalue weighted by molar-refractivity contribution is 5.85. The van der Waals surface area contributed by atoms with Crippen molar-refractivity contribution in [3.63, 3.8) is 0 Å². The molecule has 1 rings (SSSR count). The lowest BCUT2D eigenvalue weighted by atomic mass is 10.3. The Hall–Kier alpha value is -1.62. The van der Waals surface area contributed by atoms with Crippen molar-refractivity contribution in [1.29, 1.82) is 0 Å². The third-order valence-electron chi connectivity index (χ3n) is 1.93. The molecule has 0 aliphatic carbocycles. The number of rotatable bonds is 6. The maximum atomic E-state index is 10.7. The molecule has 0 saturated carbocycles.